The third-order valence-electron chi connectivity index (χ3n) is 2.55. The summed E-state index contributed by atoms with van der Waals surface area (Å²) in [6, 6.07) is 2.16. The van der Waals surface area contributed by atoms with Crippen LogP contribution in [-0.2, 0) is 0 Å². The third-order valence-corrected chi connectivity index (χ3v) is 2.55. The van der Waals surface area contributed by atoms with Gasteiger partial charge in [0.15, 0.2) is 0 Å². The SMILES string of the molecule is CCCCCCCC/C=C/CCC[11C]#N. The zero-order chi connectivity index (χ0) is 11.2. The minimum absolute atomic E-state index is 0.696. The molecule has 0 aliphatic heterocycles. The van der Waals surface area contributed by atoms with Gasteiger partial charge in [-0.2, -0.15) is 5.26 Å². The summed E-state index contributed by atoms with van der Waals surface area (Å²) >= 11 is 0. The summed E-state index contributed by atoms with van der Waals surface area (Å²) in [5, 5.41) is 8.34. The molecule has 0 rings (SSSR count). The van der Waals surface area contributed by atoms with E-state index in [1.807, 2.05) is 0 Å². The van der Waals surface area contributed by atoms with Crippen molar-refractivity contribution >= 4 is 0 Å². The lowest BCUT2D eigenvalue weighted by Crippen LogP contribution is -1.77. The molecule has 0 atom stereocenters. The summed E-state index contributed by atoms with van der Waals surface area (Å²) < 4.78 is 0. The van der Waals surface area contributed by atoms with Crippen LogP contribution >= 0.6 is 0 Å². The number of unbranched alkanes of at least 4 members (excludes halogenated alkanes) is 8. The van der Waals surface area contributed by atoms with Gasteiger partial charge in [-0.1, -0.05) is 51.2 Å². The molecule has 0 radical (unpaired) electrons. The molecule has 0 unspecified atom stereocenters. The molecule has 0 bridgehead atoms. The van der Waals surface area contributed by atoms with Crippen molar-refractivity contribution < 1.29 is 0 Å². The number of rotatable bonds is 10. The molecule has 0 spiro atoms. The van der Waals surface area contributed by atoms with E-state index in [-0.39, 0.29) is 0 Å². The third kappa shape index (κ3) is 13.2. The number of hydrogen-bond donors (Lipinski definition) is 0. The predicted molar refractivity (Wildman–Crippen MR) is 66.6 cm³/mol. The lowest BCUT2D eigenvalue weighted by atomic mass is 10.0. The monoisotopic (exact) mass is 206 g/mol. The van der Waals surface area contributed by atoms with Gasteiger partial charge in [0.1, 0.15) is 0 Å². The molecule has 0 aliphatic carbocycles. The molecule has 0 aliphatic rings. The van der Waals surface area contributed by atoms with Gasteiger partial charge in [0.05, 0.1) is 6.07 Å². The van der Waals surface area contributed by atoms with E-state index < -0.39 is 0 Å². The highest BCUT2D eigenvalue weighted by Gasteiger charge is 1.88. The fourth-order valence-electron chi connectivity index (χ4n) is 1.58. The van der Waals surface area contributed by atoms with Crippen LogP contribution in [0.25, 0.3) is 0 Å². The molecule has 0 saturated heterocycles. The summed E-state index contributed by atoms with van der Waals surface area (Å²) in [6.45, 7) is 2.25. The zero-order valence-corrected chi connectivity index (χ0v) is 10.2. The molecule has 0 amide bonds. The predicted octanol–water partition coefficient (Wildman–Crippen LogP) is 4.99. The van der Waals surface area contributed by atoms with Crippen molar-refractivity contribution in [1.29, 1.82) is 5.26 Å². The van der Waals surface area contributed by atoms with E-state index in [2.05, 4.69) is 25.1 Å². The van der Waals surface area contributed by atoms with Crippen molar-refractivity contribution in [3.63, 3.8) is 0 Å². The minimum Gasteiger partial charge on any atom is -0.198 e. The second kappa shape index (κ2) is 13.2. The standard InChI is InChI=1S/C14H25N/c1-2-3-4-5-6-7-8-9-10-11-12-13-14-15/h9-10H,2-8,11-13H2,1H3/b10-9+/i14-1. The van der Waals surface area contributed by atoms with Gasteiger partial charge in [-0.05, 0) is 25.7 Å². The van der Waals surface area contributed by atoms with E-state index >= 15 is 0 Å². The summed E-state index contributed by atoms with van der Waals surface area (Å²) in [4.78, 5) is 0. The molecule has 0 saturated carbocycles. The van der Waals surface area contributed by atoms with Gasteiger partial charge in [0.2, 0.25) is 0 Å². The van der Waals surface area contributed by atoms with E-state index in [0.29, 0.717) is 6.42 Å². The lowest BCUT2D eigenvalue weighted by Gasteiger charge is -1.97. The van der Waals surface area contributed by atoms with Crippen molar-refractivity contribution in [1.82, 2.24) is 0 Å². The summed E-state index contributed by atoms with van der Waals surface area (Å²) in [5.74, 6) is 0. The Hall–Kier alpha value is -0.770. The van der Waals surface area contributed by atoms with Gasteiger partial charge < -0.3 is 0 Å². The number of nitrogens with zero attached hydrogens (tertiary/aromatic N) is 1. The van der Waals surface area contributed by atoms with E-state index in [9.17, 15) is 0 Å². The fourth-order valence-corrected chi connectivity index (χ4v) is 1.58. The summed E-state index contributed by atoms with van der Waals surface area (Å²) in [5.41, 5.74) is 0. The first kappa shape index (κ1) is 14.2. The van der Waals surface area contributed by atoms with Gasteiger partial charge in [-0.25, -0.2) is 0 Å². The van der Waals surface area contributed by atoms with Gasteiger partial charge in [0.25, 0.3) is 0 Å². The van der Waals surface area contributed by atoms with Crippen LogP contribution in [0.3, 0.4) is 0 Å². The second-order valence-corrected chi connectivity index (χ2v) is 4.08. The van der Waals surface area contributed by atoms with E-state index in [4.69, 9.17) is 5.26 Å². The second-order valence-electron chi connectivity index (χ2n) is 4.08. The van der Waals surface area contributed by atoms with E-state index in [1.54, 1.807) is 0 Å². The average Bonchev–Trinajstić information content (AvgIpc) is 2.26. The maximum Gasteiger partial charge on any atom is 0.0621 e. The molecule has 0 heterocycles. The molecular formula is C14H25N. The first-order valence-corrected chi connectivity index (χ1v) is 6.43. The number of allylic oxidation sites excluding steroid dienone is 2. The fraction of sp³-hybridized carbons (Fsp3) is 0.786. The number of nitriles is 1. The first-order chi connectivity index (χ1) is 7.41. The molecule has 0 N–H and O–H groups in total. The van der Waals surface area contributed by atoms with Crippen LogP contribution in [0, 0.1) is 11.3 Å². The maximum atomic E-state index is 8.34. The molecule has 1 heteroatoms. The highest BCUT2D eigenvalue weighted by Crippen LogP contribution is 2.07. The molecule has 0 aromatic carbocycles. The minimum atomic E-state index is 0.696. The van der Waals surface area contributed by atoms with Crippen molar-refractivity contribution in [2.24, 2.45) is 0 Å². The Morgan fingerprint density at radius 1 is 0.867 bits per heavy atom. The quantitative estimate of drug-likeness (QED) is 0.365. The molecule has 0 aromatic rings. The Labute approximate surface area is 95.2 Å². The maximum absolute atomic E-state index is 8.34. The van der Waals surface area contributed by atoms with Crippen LogP contribution in [-0.4, -0.2) is 0 Å². The lowest BCUT2D eigenvalue weighted by molar-refractivity contribution is 0.611. The highest BCUT2D eigenvalue weighted by atomic mass is 14.1. The summed E-state index contributed by atoms with van der Waals surface area (Å²) in [7, 11) is 0. The molecule has 1 nitrogen and oxygen atoms in total. The van der Waals surface area contributed by atoms with Crippen molar-refractivity contribution in [2.45, 2.75) is 71.1 Å². The van der Waals surface area contributed by atoms with Crippen LogP contribution < -0.4 is 0 Å². The van der Waals surface area contributed by atoms with Crippen LogP contribution in [0.1, 0.15) is 71.1 Å². The van der Waals surface area contributed by atoms with E-state index in [0.717, 1.165) is 12.8 Å². The van der Waals surface area contributed by atoms with Gasteiger partial charge in [0, 0.05) is 6.42 Å². The van der Waals surface area contributed by atoms with Crippen LogP contribution in [0.2, 0.25) is 0 Å². The molecule has 0 fully saturated rings. The zero-order valence-electron chi connectivity index (χ0n) is 10.2. The summed E-state index contributed by atoms with van der Waals surface area (Å²) in [6.07, 6.45) is 16.7. The molecule has 0 aromatic heterocycles. The highest BCUT2D eigenvalue weighted by molar-refractivity contribution is 4.82. The number of hydrogen-bond acceptors (Lipinski definition) is 1. The largest absolute Gasteiger partial charge is 0.198 e. The Kier molecular flexibility index (Phi) is 12.6. The smallest absolute Gasteiger partial charge is 0.0621 e. The Balaban J connectivity index is 3.00. The Morgan fingerprint density at radius 3 is 2.13 bits per heavy atom. The van der Waals surface area contributed by atoms with Crippen LogP contribution in [0.4, 0.5) is 0 Å². The van der Waals surface area contributed by atoms with Gasteiger partial charge in [-0.3, -0.25) is 0 Å². The topological polar surface area (TPSA) is 23.8 Å². The molecule has 86 valence electrons. The van der Waals surface area contributed by atoms with Gasteiger partial charge >= 0.3 is 0 Å². The average molecular weight is 206 g/mol. The first-order valence-electron chi connectivity index (χ1n) is 6.43. The normalized spacial score (nSPS) is 10.7. The Morgan fingerprint density at radius 2 is 1.47 bits per heavy atom. The van der Waals surface area contributed by atoms with Gasteiger partial charge in [-0.15, -0.1) is 0 Å². The molecular weight excluding hydrogens is 181 g/mol. The van der Waals surface area contributed by atoms with Crippen molar-refractivity contribution in [3.8, 4) is 6.07 Å². The van der Waals surface area contributed by atoms with Crippen molar-refractivity contribution in [3.05, 3.63) is 12.2 Å². The van der Waals surface area contributed by atoms with Crippen LogP contribution in [0.15, 0.2) is 12.2 Å². The van der Waals surface area contributed by atoms with Crippen LogP contribution in [0.5, 0.6) is 0 Å². The Bertz CT molecular complexity index is 176. The van der Waals surface area contributed by atoms with E-state index in [1.165, 1.54) is 44.9 Å². The molecule has 15 heavy (non-hydrogen) atoms. The van der Waals surface area contributed by atoms with Crippen molar-refractivity contribution in [2.75, 3.05) is 0 Å².